The minimum atomic E-state index is 0.850. The maximum Gasteiger partial charge on any atom is 0.126 e. The summed E-state index contributed by atoms with van der Waals surface area (Å²) in [6.07, 6.45) is 0. The van der Waals surface area contributed by atoms with E-state index in [0.29, 0.717) is 0 Å². The van der Waals surface area contributed by atoms with E-state index in [-0.39, 0.29) is 0 Å². The third-order valence-corrected chi connectivity index (χ3v) is 2.44. The molecule has 81 valence electrons. The Hall–Kier alpha value is -1.96. The molecule has 0 saturated carbocycles. The Kier molecular flexibility index (Phi) is 3.10. The second kappa shape index (κ2) is 4.71. The summed E-state index contributed by atoms with van der Waals surface area (Å²) in [5, 5.41) is 0. The van der Waals surface area contributed by atoms with E-state index < -0.39 is 0 Å². The third-order valence-electron chi connectivity index (χ3n) is 2.44. The molecule has 16 heavy (non-hydrogen) atoms. The summed E-state index contributed by atoms with van der Waals surface area (Å²) in [6.45, 7) is 0. The molecule has 2 aromatic carbocycles. The van der Waals surface area contributed by atoms with Crippen LogP contribution in [0.25, 0.3) is 11.1 Å². The van der Waals surface area contributed by atoms with E-state index in [9.17, 15) is 0 Å². The molecule has 1 radical (unpaired) electrons. The van der Waals surface area contributed by atoms with Gasteiger partial charge in [-0.05, 0) is 35.9 Å². The van der Waals surface area contributed by atoms with Gasteiger partial charge in [-0.15, -0.1) is 0 Å². The van der Waals surface area contributed by atoms with E-state index in [1.807, 2.05) is 42.5 Å². The van der Waals surface area contributed by atoms with Crippen molar-refractivity contribution in [1.29, 1.82) is 0 Å². The third kappa shape index (κ3) is 2.01. The van der Waals surface area contributed by atoms with Crippen LogP contribution in [0.3, 0.4) is 0 Å². The zero-order valence-corrected chi connectivity index (χ0v) is 9.36. The SMILES string of the molecule is COc1ccc(-c2c[c]ccc2OC)cc1. The van der Waals surface area contributed by atoms with Gasteiger partial charge in [-0.2, -0.15) is 0 Å². The predicted octanol–water partition coefficient (Wildman–Crippen LogP) is 3.17. The molecule has 2 nitrogen and oxygen atoms in total. The summed E-state index contributed by atoms with van der Waals surface area (Å²) in [5.74, 6) is 1.70. The lowest BCUT2D eigenvalue weighted by atomic mass is 10.0. The van der Waals surface area contributed by atoms with Crippen LogP contribution < -0.4 is 9.47 Å². The summed E-state index contributed by atoms with van der Waals surface area (Å²) >= 11 is 0. The van der Waals surface area contributed by atoms with Gasteiger partial charge in [0.15, 0.2) is 0 Å². The fourth-order valence-corrected chi connectivity index (χ4v) is 1.59. The highest BCUT2D eigenvalue weighted by Gasteiger charge is 2.04. The van der Waals surface area contributed by atoms with Crippen molar-refractivity contribution < 1.29 is 9.47 Å². The number of rotatable bonds is 3. The Morgan fingerprint density at radius 1 is 0.938 bits per heavy atom. The minimum absolute atomic E-state index is 0.850. The van der Waals surface area contributed by atoms with Crippen LogP contribution in [0.2, 0.25) is 0 Å². The molecule has 2 rings (SSSR count). The van der Waals surface area contributed by atoms with Crippen molar-refractivity contribution in [2.75, 3.05) is 14.2 Å². The molecule has 0 saturated heterocycles. The number of methoxy groups -OCH3 is 2. The topological polar surface area (TPSA) is 18.5 Å². The van der Waals surface area contributed by atoms with Crippen molar-refractivity contribution in [2.24, 2.45) is 0 Å². The van der Waals surface area contributed by atoms with Gasteiger partial charge in [-0.1, -0.05) is 18.2 Å². The Balaban J connectivity index is 2.42. The second-order valence-electron chi connectivity index (χ2n) is 3.35. The Morgan fingerprint density at radius 3 is 2.31 bits per heavy atom. The highest BCUT2D eigenvalue weighted by Crippen LogP contribution is 2.30. The van der Waals surface area contributed by atoms with Gasteiger partial charge in [0.2, 0.25) is 0 Å². The molecule has 0 amide bonds. The van der Waals surface area contributed by atoms with Crippen molar-refractivity contribution in [3.63, 3.8) is 0 Å². The molecule has 0 fully saturated rings. The highest BCUT2D eigenvalue weighted by atomic mass is 16.5. The van der Waals surface area contributed by atoms with Crippen LogP contribution in [0.15, 0.2) is 42.5 Å². The van der Waals surface area contributed by atoms with Gasteiger partial charge < -0.3 is 9.47 Å². The van der Waals surface area contributed by atoms with Crippen LogP contribution in [0.5, 0.6) is 11.5 Å². The molecule has 0 atom stereocenters. The van der Waals surface area contributed by atoms with Gasteiger partial charge in [-0.3, -0.25) is 0 Å². The quantitative estimate of drug-likeness (QED) is 0.779. The fraction of sp³-hybridized carbons (Fsp3) is 0.143. The molecule has 2 heteroatoms. The lowest BCUT2D eigenvalue weighted by molar-refractivity contribution is 0.414. The predicted molar refractivity (Wildman–Crippen MR) is 63.8 cm³/mol. The first kappa shape index (κ1) is 10.6. The van der Waals surface area contributed by atoms with Gasteiger partial charge in [0.25, 0.3) is 0 Å². The highest BCUT2D eigenvalue weighted by molar-refractivity contribution is 5.70. The molecule has 0 aromatic heterocycles. The molecular formula is C14H13O2. The van der Waals surface area contributed by atoms with Crippen LogP contribution in [0.1, 0.15) is 0 Å². The van der Waals surface area contributed by atoms with Gasteiger partial charge in [0.1, 0.15) is 11.5 Å². The maximum absolute atomic E-state index is 5.31. The zero-order chi connectivity index (χ0) is 11.4. The van der Waals surface area contributed by atoms with E-state index in [1.165, 1.54) is 0 Å². The summed E-state index contributed by atoms with van der Waals surface area (Å²) in [7, 11) is 3.33. The molecule has 2 aromatic rings. The first-order valence-electron chi connectivity index (χ1n) is 5.03. The molecule has 0 heterocycles. The summed E-state index contributed by atoms with van der Waals surface area (Å²) < 4.78 is 10.4. The van der Waals surface area contributed by atoms with Crippen LogP contribution in [0, 0.1) is 6.07 Å². The van der Waals surface area contributed by atoms with Gasteiger partial charge >= 0.3 is 0 Å². The Labute approximate surface area is 95.4 Å². The first-order valence-corrected chi connectivity index (χ1v) is 5.03. The van der Waals surface area contributed by atoms with Crippen molar-refractivity contribution >= 4 is 0 Å². The van der Waals surface area contributed by atoms with E-state index in [1.54, 1.807) is 14.2 Å². The van der Waals surface area contributed by atoms with Crippen LogP contribution in [-0.4, -0.2) is 14.2 Å². The van der Waals surface area contributed by atoms with E-state index >= 15 is 0 Å². The van der Waals surface area contributed by atoms with E-state index in [0.717, 1.165) is 22.6 Å². The van der Waals surface area contributed by atoms with Crippen LogP contribution >= 0.6 is 0 Å². The van der Waals surface area contributed by atoms with Gasteiger partial charge in [0.05, 0.1) is 14.2 Å². The zero-order valence-electron chi connectivity index (χ0n) is 9.36. The summed E-state index contributed by atoms with van der Waals surface area (Å²) in [5.41, 5.74) is 2.13. The molecular weight excluding hydrogens is 200 g/mol. The fourth-order valence-electron chi connectivity index (χ4n) is 1.59. The van der Waals surface area contributed by atoms with Crippen molar-refractivity contribution in [2.45, 2.75) is 0 Å². The molecule has 0 unspecified atom stereocenters. The van der Waals surface area contributed by atoms with Crippen molar-refractivity contribution in [3.05, 3.63) is 48.5 Å². The summed E-state index contributed by atoms with van der Waals surface area (Å²) in [6, 6.07) is 16.6. The summed E-state index contributed by atoms with van der Waals surface area (Å²) in [4.78, 5) is 0. The van der Waals surface area contributed by atoms with E-state index in [4.69, 9.17) is 9.47 Å². The number of ether oxygens (including phenoxy) is 2. The molecule has 0 bridgehead atoms. The molecule has 0 aliphatic rings. The lowest BCUT2D eigenvalue weighted by Crippen LogP contribution is -1.88. The molecule has 0 aliphatic carbocycles. The minimum Gasteiger partial charge on any atom is -0.497 e. The number of hydrogen-bond acceptors (Lipinski definition) is 2. The lowest BCUT2D eigenvalue weighted by Gasteiger charge is -2.08. The molecule has 0 aliphatic heterocycles. The van der Waals surface area contributed by atoms with Crippen LogP contribution in [-0.2, 0) is 0 Å². The Morgan fingerprint density at radius 2 is 1.69 bits per heavy atom. The van der Waals surface area contributed by atoms with Crippen molar-refractivity contribution in [3.8, 4) is 22.6 Å². The number of hydrogen-bond donors (Lipinski definition) is 0. The first-order chi connectivity index (χ1) is 7.85. The second-order valence-corrected chi connectivity index (χ2v) is 3.35. The average Bonchev–Trinajstić information content (AvgIpc) is 2.39. The standard InChI is InChI=1S/C14H13O2/c1-15-12-9-7-11(8-10-12)13-5-3-4-6-14(13)16-2/h4-10H,1-2H3. The van der Waals surface area contributed by atoms with Crippen LogP contribution in [0.4, 0.5) is 0 Å². The Bertz CT molecular complexity index is 460. The molecule has 0 spiro atoms. The normalized spacial score (nSPS) is 9.88. The largest absolute Gasteiger partial charge is 0.497 e. The maximum atomic E-state index is 5.31. The van der Waals surface area contributed by atoms with E-state index in [2.05, 4.69) is 6.07 Å². The molecule has 0 N–H and O–H groups in total. The van der Waals surface area contributed by atoms with Gasteiger partial charge in [-0.25, -0.2) is 0 Å². The smallest absolute Gasteiger partial charge is 0.126 e. The number of benzene rings is 2. The monoisotopic (exact) mass is 213 g/mol. The van der Waals surface area contributed by atoms with Crippen molar-refractivity contribution in [1.82, 2.24) is 0 Å². The average molecular weight is 213 g/mol. The van der Waals surface area contributed by atoms with Gasteiger partial charge in [0, 0.05) is 5.56 Å².